The topological polar surface area (TPSA) is 0 Å². The van der Waals surface area contributed by atoms with Crippen molar-refractivity contribution in [3.8, 4) is 0 Å². The predicted octanol–water partition coefficient (Wildman–Crippen LogP) is 7.49. The van der Waals surface area contributed by atoms with Crippen molar-refractivity contribution in [1.29, 1.82) is 0 Å². The van der Waals surface area contributed by atoms with E-state index in [0.717, 1.165) is 0 Å². The second-order valence-electron chi connectivity index (χ2n) is 5.32. The molecule has 0 atom stereocenters. The summed E-state index contributed by atoms with van der Waals surface area (Å²) in [4.78, 5) is 0. The fourth-order valence-electron chi connectivity index (χ4n) is 2.61. The molecule has 4 heteroatoms. The van der Waals surface area contributed by atoms with E-state index in [9.17, 15) is 0 Å². The molecule has 0 aliphatic rings. The third-order valence-corrected chi connectivity index (χ3v) is 3.52. The quantitative estimate of drug-likeness (QED) is 0.176. The van der Waals surface area contributed by atoms with E-state index in [4.69, 9.17) is 0 Å². The van der Waals surface area contributed by atoms with E-state index in [1.807, 2.05) is 0 Å². The van der Waals surface area contributed by atoms with E-state index in [2.05, 4.69) is 100 Å². The summed E-state index contributed by atoms with van der Waals surface area (Å²) in [6.45, 7) is 12.3. The molecule has 0 unspecified atom stereocenters. The summed E-state index contributed by atoms with van der Waals surface area (Å²) in [5, 5.41) is 5.39. The van der Waals surface area contributed by atoms with Crippen molar-refractivity contribution in [2.75, 3.05) is 0 Å². The van der Waals surface area contributed by atoms with Crippen LogP contribution in [0.5, 0.6) is 0 Å². The summed E-state index contributed by atoms with van der Waals surface area (Å²) in [6.07, 6.45) is 0. The molecule has 0 saturated carbocycles. The molecular formula is C23H28Cl2SiZr-4. The minimum atomic E-state index is 0. The average Bonchev–Trinajstić information content (AvgIpc) is 3.19. The molecule has 0 bridgehead atoms. The SMILES string of the molecule is Cc1cc2ccccc2[cH-]1.Cc1cc2ccccc2[cH-]1.Cl.Cl.[CH2-]C.[CH3-].[Si]=[Zr]. The maximum absolute atomic E-state index is 3.25. The van der Waals surface area contributed by atoms with Crippen molar-refractivity contribution in [2.45, 2.75) is 20.8 Å². The second-order valence-corrected chi connectivity index (χ2v) is 5.32. The van der Waals surface area contributed by atoms with E-state index < -0.39 is 0 Å². The van der Waals surface area contributed by atoms with Crippen LogP contribution in [-0.2, 0) is 23.3 Å². The zero-order valence-corrected chi connectivity index (χ0v) is 21.5. The van der Waals surface area contributed by atoms with Gasteiger partial charge in [-0.05, 0) is 0 Å². The third kappa shape index (κ3) is 9.90. The van der Waals surface area contributed by atoms with Crippen LogP contribution in [0.25, 0.3) is 21.5 Å². The Balaban J connectivity index is -0.000000330. The molecule has 4 aromatic carbocycles. The number of aryl methyl sites for hydroxylation is 2. The first-order valence-electron chi connectivity index (χ1n) is 7.92. The molecule has 27 heavy (non-hydrogen) atoms. The molecule has 0 nitrogen and oxygen atoms in total. The van der Waals surface area contributed by atoms with Gasteiger partial charge in [0, 0.05) is 0 Å². The van der Waals surface area contributed by atoms with Gasteiger partial charge in [0.1, 0.15) is 0 Å². The maximum atomic E-state index is 3.25. The molecule has 0 aliphatic carbocycles. The van der Waals surface area contributed by atoms with Crippen LogP contribution in [0, 0.1) is 28.2 Å². The van der Waals surface area contributed by atoms with Gasteiger partial charge in [0.05, 0.1) is 0 Å². The second kappa shape index (κ2) is 17.4. The molecule has 0 aromatic heterocycles. The van der Waals surface area contributed by atoms with Gasteiger partial charge in [-0.25, -0.2) is 0 Å². The average molecular weight is 495 g/mol. The third-order valence-electron chi connectivity index (χ3n) is 3.52. The monoisotopic (exact) mass is 492 g/mol. The van der Waals surface area contributed by atoms with E-state index in [1.54, 1.807) is 6.92 Å². The van der Waals surface area contributed by atoms with E-state index >= 15 is 0 Å². The van der Waals surface area contributed by atoms with E-state index in [-0.39, 0.29) is 32.2 Å². The molecule has 2 radical (unpaired) electrons. The Morgan fingerprint density at radius 3 is 1.30 bits per heavy atom. The molecule has 146 valence electrons. The molecule has 0 heterocycles. The first kappa shape index (κ1) is 31.0. The first-order chi connectivity index (χ1) is 11.7. The van der Waals surface area contributed by atoms with Crippen LogP contribution in [0.3, 0.4) is 0 Å². The van der Waals surface area contributed by atoms with Crippen LogP contribution in [-0.4, -0.2) is 6.88 Å². The van der Waals surface area contributed by atoms with Crippen molar-refractivity contribution < 1.29 is 23.3 Å². The Labute approximate surface area is 194 Å². The molecule has 0 saturated heterocycles. The molecular weight excluding hydrogens is 466 g/mol. The van der Waals surface area contributed by atoms with Gasteiger partial charge >= 0.3 is 30.2 Å². The fraction of sp³-hybridized carbons (Fsp3) is 0.130. The molecule has 0 amide bonds. The van der Waals surface area contributed by atoms with Crippen molar-refractivity contribution in [2.24, 2.45) is 0 Å². The van der Waals surface area contributed by atoms with Crippen LogP contribution in [0.4, 0.5) is 0 Å². The van der Waals surface area contributed by atoms with Gasteiger partial charge in [0.25, 0.3) is 0 Å². The Hall–Kier alpha value is -0.660. The minimum absolute atomic E-state index is 0. The van der Waals surface area contributed by atoms with Gasteiger partial charge in [-0.3, -0.25) is 0 Å². The Bertz CT molecular complexity index is 727. The number of hydrogen-bond donors (Lipinski definition) is 0. The Morgan fingerprint density at radius 2 is 1.00 bits per heavy atom. The number of halogens is 2. The van der Waals surface area contributed by atoms with E-state index in [1.165, 1.54) is 56.0 Å². The molecule has 0 spiro atoms. The van der Waals surface area contributed by atoms with Crippen LogP contribution in [0.2, 0.25) is 0 Å². The molecule has 0 N–H and O–H groups in total. The van der Waals surface area contributed by atoms with Crippen LogP contribution in [0.15, 0.2) is 72.8 Å². The molecule has 0 fully saturated rings. The van der Waals surface area contributed by atoms with Crippen molar-refractivity contribution in [1.82, 2.24) is 0 Å². The standard InChI is InChI=1S/2C10H9.C2H5.CH3.2ClH.Si.Zr/c2*1-8-6-9-4-2-3-5-10(9)7-8;1-2;;;;;/h2*2-7H,1H3;1H2,2H3;1H3;2*1H;;/q4*-1;;;;. The molecule has 4 rings (SSSR count). The van der Waals surface area contributed by atoms with Gasteiger partial charge in [-0.15, -0.1) is 106 Å². The van der Waals surface area contributed by atoms with Crippen LogP contribution in [0.1, 0.15) is 18.1 Å². The van der Waals surface area contributed by atoms with Gasteiger partial charge in [-0.1, -0.05) is 26.0 Å². The van der Waals surface area contributed by atoms with E-state index in [0.29, 0.717) is 0 Å². The van der Waals surface area contributed by atoms with Gasteiger partial charge in [0.15, 0.2) is 0 Å². The normalized spacial score (nSPS) is 8.11. The molecule has 4 aromatic rings. The zero-order chi connectivity index (χ0) is 17.9. The summed E-state index contributed by atoms with van der Waals surface area (Å²) in [6, 6.07) is 25.7. The summed E-state index contributed by atoms with van der Waals surface area (Å²) in [7, 11) is 0. The van der Waals surface area contributed by atoms with Crippen molar-refractivity contribution in [3.63, 3.8) is 0 Å². The van der Waals surface area contributed by atoms with Gasteiger partial charge in [-0.2, -0.15) is 19.1 Å². The van der Waals surface area contributed by atoms with Gasteiger partial charge in [0.2, 0.25) is 0 Å². The fourth-order valence-corrected chi connectivity index (χ4v) is 2.61. The predicted molar refractivity (Wildman–Crippen MR) is 126 cm³/mol. The van der Waals surface area contributed by atoms with Gasteiger partial charge < -0.3 is 14.4 Å². The summed E-state index contributed by atoms with van der Waals surface area (Å²) in [5.41, 5.74) is 2.70. The number of fused-ring (bicyclic) bond motifs is 2. The number of rotatable bonds is 0. The van der Waals surface area contributed by atoms with Crippen LogP contribution < -0.4 is 0 Å². The molecule has 0 aliphatic heterocycles. The first-order valence-corrected chi connectivity index (χ1v) is 12.1. The summed E-state index contributed by atoms with van der Waals surface area (Å²) >= 11 is 1.36. The number of benzene rings is 2. The summed E-state index contributed by atoms with van der Waals surface area (Å²) < 4.78 is 0. The summed E-state index contributed by atoms with van der Waals surface area (Å²) in [5.74, 6) is 0. The zero-order valence-electron chi connectivity index (χ0n) is 16.5. The van der Waals surface area contributed by atoms with Crippen LogP contribution >= 0.6 is 24.8 Å². The Kier molecular flexibility index (Phi) is 20.1. The Morgan fingerprint density at radius 1 is 0.704 bits per heavy atom. The van der Waals surface area contributed by atoms with Crippen molar-refractivity contribution >= 4 is 53.2 Å². The van der Waals surface area contributed by atoms with Crippen molar-refractivity contribution in [3.05, 3.63) is 98.3 Å². The number of hydrogen-bond acceptors (Lipinski definition) is 0.